The fourth-order valence-corrected chi connectivity index (χ4v) is 6.27. The van der Waals surface area contributed by atoms with Gasteiger partial charge in [-0.2, -0.15) is 15.6 Å². The lowest BCUT2D eigenvalue weighted by atomic mass is 10.2. The van der Waals surface area contributed by atoms with Crippen molar-refractivity contribution in [2.24, 2.45) is 0 Å². The van der Waals surface area contributed by atoms with Crippen LogP contribution in [-0.2, 0) is 16.6 Å². The molecule has 2 aromatic heterocycles. The number of nitrogens with zero attached hydrogens (tertiary/aromatic N) is 3. The number of thiazole rings is 1. The van der Waals surface area contributed by atoms with Gasteiger partial charge in [-0.25, -0.2) is 13.4 Å². The van der Waals surface area contributed by atoms with Crippen LogP contribution in [0.1, 0.15) is 23.0 Å². The summed E-state index contributed by atoms with van der Waals surface area (Å²) >= 11 is 3.29. The summed E-state index contributed by atoms with van der Waals surface area (Å²) in [7, 11) is -3.60. The van der Waals surface area contributed by atoms with Crippen molar-refractivity contribution in [1.29, 1.82) is 0 Å². The molecule has 9 heteroatoms. The highest BCUT2D eigenvalue weighted by Gasteiger charge is 2.29. The zero-order chi connectivity index (χ0) is 20.4. The number of aromatic nitrogens is 1. The number of carbonyl (C=O) groups is 1. The highest BCUT2D eigenvalue weighted by Crippen LogP contribution is 2.26. The molecule has 0 bridgehead atoms. The SMILES string of the molecule is CC(=O)c1cccc(S(=O)(=O)N2CCN(Cc3csc(-c4ccsc4)n3)CC2)c1. The summed E-state index contributed by atoms with van der Waals surface area (Å²) in [6, 6.07) is 8.34. The van der Waals surface area contributed by atoms with Crippen molar-refractivity contribution in [3.05, 3.63) is 57.7 Å². The fraction of sp³-hybridized carbons (Fsp3) is 0.300. The van der Waals surface area contributed by atoms with Crippen molar-refractivity contribution in [2.45, 2.75) is 18.4 Å². The van der Waals surface area contributed by atoms with Crippen LogP contribution >= 0.6 is 22.7 Å². The molecule has 1 aromatic carbocycles. The predicted molar refractivity (Wildman–Crippen MR) is 116 cm³/mol. The van der Waals surface area contributed by atoms with Gasteiger partial charge in [0.1, 0.15) is 5.01 Å². The molecular formula is C20H21N3O3S3. The van der Waals surface area contributed by atoms with Crippen LogP contribution < -0.4 is 0 Å². The first-order chi connectivity index (χ1) is 13.9. The molecule has 4 rings (SSSR count). The monoisotopic (exact) mass is 447 g/mol. The second kappa shape index (κ2) is 8.45. The topological polar surface area (TPSA) is 70.6 Å². The minimum Gasteiger partial charge on any atom is -0.295 e. The van der Waals surface area contributed by atoms with Gasteiger partial charge in [0, 0.05) is 54.6 Å². The van der Waals surface area contributed by atoms with E-state index < -0.39 is 10.0 Å². The van der Waals surface area contributed by atoms with E-state index >= 15 is 0 Å². The molecule has 0 spiro atoms. The minimum absolute atomic E-state index is 0.142. The van der Waals surface area contributed by atoms with Crippen LogP contribution in [0, 0.1) is 0 Å². The molecule has 0 atom stereocenters. The highest BCUT2D eigenvalue weighted by atomic mass is 32.2. The molecule has 3 aromatic rings. The van der Waals surface area contributed by atoms with Crippen LogP contribution in [0.4, 0.5) is 0 Å². The van der Waals surface area contributed by atoms with Crippen LogP contribution in [0.2, 0.25) is 0 Å². The normalized spacial score (nSPS) is 16.2. The van der Waals surface area contributed by atoms with Gasteiger partial charge in [-0.05, 0) is 30.5 Å². The number of ketones is 1. The molecule has 6 nitrogen and oxygen atoms in total. The van der Waals surface area contributed by atoms with E-state index in [-0.39, 0.29) is 10.7 Å². The van der Waals surface area contributed by atoms with Crippen molar-refractivity contribution in [2.75, 3.05) is 26.2 Å². The Hall–Kier alpha value is -1.91. The summed E-state index contributed by atoms with van der Waals surface area (Å²) in [4.78, 5) is 18.7. The van der Waals surface area contributed by atoms with Crippen molar-refractivity contribution in [3.8, 4) is 10.6 Å². The van der Waals surface area contributed by atoms with Gasteiger partial charge in [0.15, 0.2) is 5.78 Å². The Labute approximate surface area is 178 Å². The first kappa shape index (κ1) is 20.4. The third-order valence-electron chi connectivity index (χ3n) is 4.92. The van der Waals surface area contributed by atoms with Crippen LogP contribution in [0.25, 0.3) is 10.6 Å². The molecule has 1 saturated heterocycles. The molecule has 0 radical (unpaired) electrons. The first-order valence-corrected chi connectivity index (χ1v) is 12.5. The smallest absolute Gasteiger partial charge is 0.243 e. The Morgan fingerprint density at radius 3 is 2.62 bits per heavy atom. The molecule has 1 fully saturated rings. The number of hydrogen-bond acceptors (Lipinski definition) is 7. The van der Waals surface area contributed by atoms with Gasteiger partial charge < -0.3 is 0 Å². The lowest BCUT2D eigenvalue weighted by molar-refractivity contribution is 0.101. The number of piperazine rings is 1. The van der Waals surface area contributed by atoms with Crippen LogP contribution in [0.3, 0.4) is 0 Å². The Morgan fingerprint density at radius 2 is 1.93 bits per heavy atom. The molecule has 1 aliphatic heterocycles. The zero-order valence-corrected chi connectivity index (χ0v) is 18.4. The van der Waals surface area contributed by atoms with Gasteiger partial charge in [0.05, 0.1) is 10.6 Å². The number of Topliss-reactive ketones (excluding diaryl/α,β-unsaturated/α-hetero) is 1. The van der Waals surface area contributed by atoms with E-state index in [1.807, 2.05) is 5.38 Å². The molecular weight excluding hydrogens is 426 g/mol. The molecule has 29 heavy (non-hydrogen) atoms. The maximum atomic E-state index is 12.9. The van der Waals surface area contributed by atoms with E-state index in [1.54, 1.807) is 40.9 Å². The first-order valence-electron chi connectivity index (χ1n) is 9.24. The largest absolute Gasteiger partial charge is 0.295 e. The predicted octanol–water partition coefficient (Wildman–Crippen LogP) is 3.58. The Bertz CT molecular complexity index is 1100. The maximum Gasteiger partial charge on any atom is 0.243 e. The summed E-state index contributed by atoms with van der Waals surface area (Å²) in [5, 5.41) is 7.23. The molecule has 0 amide bonds. The molecule has 3 heterocycles. The number of benzene rings is 1. The summed E-state index contributed by atoms with van der Waals surface area (Å²) in [5.41, 5.74) is 2.58. The Kier molecular flexibility index (Phi) is 5.93. The number of carbonyl (C=O) groups excluding carboxylic acids is 1. The second-order valence-electron chi connectivity index (χ2n) is 6.92. The second-order valence-corrected chi connectivity index (χ2v) is 10.5. The van der Waals surface area contributed by atoms with Crippen molar-refractivity contribution < 1.29 is 13.2 Å². The summed E-state index contributed by atoms with van der Waals surface area (Å²) in [5.74, 6) is -0.142. The van der Waals surface area contributed by atoms with Gasteiger partial charge >= 0.3 is 0 Å². The molecule has 1 aliphatic rings. The van der Waals surface area contributed by atoms with E-state index in [2.05, 4.69) is 21.7 Å². The van der Waals surface area contributed by atoms with Gasteiger partial charge in [-0.3, -0.25) is 9.69 Å². The average Bonchev–Trinajstić information content (AvgIpc) is 3.40. The number of hydrogen-bond donors (Lipinski definition) is 0. The van der Waals surface area contributed by atoms with Crippen LogP contribution in [0.5, 0.6) is 0 Å². The van der Waals surface area contributed by atoms with Crippen molar-refractivity contribution in [1.82, 2.24) is 14.2 Å². The molecule has 0 unspecified atom stereocenters. The van der Waals surface area contributed by atoms with E-state index in [0.29, 0.717) is 38.3 Å². The lowest BCUT2D eigenvalue weighted by Gasteiger charge is -2.33. The lowest BCUT2D eigenvalue weighted by Crippen LogP contribution is -2.48. The molecule has 0 saturated carbocycles. The quantitative estimate of drug-likeness (QED) is 0.540. The Balaban J connectivity index is 1.39. The highest BCUT2D eigenvalue weighted by molar-refractivity contribution is 7.89. The number of rotatable bonds is 6. The number of sulfonamides is 1. The third-order valence-corrected chi connectivity index (χ3v) is 8.43. The molecule has 0 aliphatic carbocycles. The van der Waals surface area contributed by atoms with E-state index in [1.165, 1.54) is 17.3 Å². The molecule has 152 valence electrons. The third kappa shape index (κ3) is 4.49. The van der Waals surface area contributed by atoms with E-state index in [9.17, 15) is 13.2 Å². The van der Waals surface area contributed by atoms with Crippen molar-refractivity contribution >= 4 is 38.5 Å². The summed E-state index contributed by atoms with van der Waals surface area (Å²) in [6.07, 6.45) is 0. The number of thiophene rings is 1. The van der Waals surface area contributed by atoms with Crippen LogP contribution in [-0.4, -0.2) is 54.6 Å². The van der Waals surface area contributed by atoms with E-state index in [4.69, 9.17) is 4.98 Å². The van der Waals surface area contributed by atoms with Gasteiger partial charge in [0.2, 0.25) is 10.0 Å². The van der Waals surface area contributed by atoms with Gasteiger partial charge in [0.25, 0.3) is 0 Å². The summed E-state index contributed by atoms with van der Waals surface area (Å²) in [6.45, 7) is 4.30. The summed E-state index contributed by atoms with van der Waals surface area (Å²) < 4.78 is 27.4. The van der Waals surface area contributed by atoms with Crippen LogP contribution in [0.15, 0.2) is 51.4 Å². The van der Waals surface area contributed by atoms with Gasteiger partial charge in [-0.15, -0.1) is 11.3 Å². The maximum absolute atomic E-state index is 12.9. The fourth-order valence-electron chi connectivity index (χ4n) is 3.28. The zero-order valence-electron chi connectivity index (χ0n) is 15.9. The standard InChI is InChI=1S/C20H21N3O3S3/c1-15(24)16-3-2-4-19(11-16)29(25,26)23-8-6-22(7-9-23)12-18-14-28-20(21-18)17-5-10-27-13-17/h2-5,10-11,13-14H,6-9,12H2,1H3. The molecule has 0 N–H and O–H groups in total. The van der Waals surface area contributed by atoms with Crippen molar-refractivity contribution in [3.63, 3.8) is 0 Å². The Morgan fingerprint density at radius 1 is 1.14 bits per heavy atom. The van der Waals surface area contributed by atoms with E-state index in [0.717, 1.165) is 16.3 Å². The van der Waals surface area contributed by atoms with Gasteiger partial charge in [-0.1, -0.05) is 12.1 Å². The minimum atomic E-state index is -3.60. The average molecular weight is 448 g/mol.